The number of amides is 1. The number of rotatable bonds is 9. The van der Waals surface area contributed by atoms with E-state index in [0.717, 1.165) is 24.8 Å². The second-order valence-electron chi connectivity index (χ2n) is 5.96. The fourth-order valence-corrected chi connectivity index (χ4v) is 3.24. The van der Waals surface area contributed by atoms with Gasteiger partial charge in [-0.1, -0.05) is 12.5 Å². The van der Waals surface area contributed by atoms with Crippen molar-refractivity contribution in [2.24, 2.45) is 5.92 Å². The van der Waals surface area contributed by atoms with Gasteiger partial charge in [0.2, 0.25) is 5.91 Å². The van der Waals surface area contributed by atoms with Crippen LogP contribution in [-0.4, -0.2) is 52.9 Å². The first-order valence-electron chi connectivity index (χ1n) is 8.31. The summed E-state index contributed by atoms with van der Waals surface area (Å²) >= 11 is 0. The maximum Gasteiger partial charge on any atom is 0.249 e. The summed E-state index contributed by atoms with van der Waals surface area (Å²) < 4.78 is 21.2. The van der Waals surface area contributed by atoms with E-state index >= 15 is 0 Å². The highest BCUT2D eigenvalue weighted by Crippen LogP contribution is 2.44. The molecule has 0 radical (unpaired) electrons. The van der Waals surface area contributed by atoms with Crippen LogP contribution >= 0.6 is 0 Å². The van der Waals surface area contributed by atoms with Crippen LogP contribution in [-0.2, 0) is 19.1 Å². The van der Waals surface area contributed by atoms with E-state index in [1.54, 1.807) is 21.3 Å². The number of benzene rings is 1. The Hall–Kier alpha value is -1.83. The van der Waals surface area contributed by atoms with Gasteiger partial charge in [0.05, 0.1) is 7.11 Å². The Morgan fingerprint density at radius 3 is 2.52 bits per heavy atom. The number of hydroxylamine groups is 2. The van der Waals surface area contributed by atoms with Crippen LogP contribution in [0.1, 0.15) is 30.7 Å². The van der Waals surface area contributed by atoms with E-state index in [-0.39, 0.29) is 31.3 Å². The van der Waals surface area contributed by atoms with Gasteiger partial charge in [-0.25, -0.2) is 5.06 Å². The molecule has 0 spiro atoms. The molecule has 1 aliphatic rings. The molecule has 7 nitrogen and oxygen atoms in total. The van der Waals surface area contributed by atoms with E-state index in [2.05, 4.69) is 0 Å². The molecular formula is C18H27NO6. The monoisotopic (exact) mass is 353 g/mol. The molecule has 1 aromatic rings. The van der Waals surface area contributed by atoms with Crippen LogP contribution in [0.15, 0.2) is 18.2 Å². The Morgan fingerprint density at radius 1 is 1.12 bits per heavy atom. The fraction of sp³-hybridized carbons (Fsp3) is 0.611. The summed E-state index contributed by atoms with van der Waals surface area (Å²) in [7, 11) is 6.27. The zero-order valence-corrected chi connectivity index (χ0v) is 15.3. The fourth-order valence-electron chi connectivity index (χ4n) is 3.24. The Kier molecular flexibility index (Phi) is 7.49. The van der Waals surface area contributed by atoms with Crippen LogP contribution in [0.3, 0.4) is 0 Å². The zero-order valence-electron chi connectivity index (χ0n) is 15.3. The molecule has 2 atom stereocenters. The Bertz CT molecular complexity index is 564. The number of methoxy groups -OCH3 is 2. The van der Waals surface area contributed by atoms with Crippen molar-refractivity contribution in [1.82, 2.24) is 5.06 Å². The van der Waals surface area contributed by atoms with Crippen molar-refractivity contribution in [3.8, 4) is 11.5 Å². The number of carbonyl (C=O) groups is 1. The molecule has 0 aromatic heterocycles. The smallest absolute Gasteiger partial charge is 0.249 e. The lowest BCUT2D eigenvalue weighted by molar-refractivity contribution is -0.173. The first-order chi connectivity index (χ1) is 12.1. The minimum Gasteiger partial charge on any atom is -0.467 e. The maximum absolute atomic E-state index is 12.6. The van der Waals surface area contributed by atoms with E-state index in [1.165, 1.54) is 12.2 Å². The molecule has 1 amide bonds. The predicted octanol–water partition coefficient (Wildman–Crippen LogP) is 2.56. The molecule has 1 aliphatic carbocycles. The molecule has 25 heavy (non-hydrogen) atoms. The molecule has 1 fully saturated rings. The molecule has 0 saturated heterocycles. The number of nitrogens with zero attached hydrogens (tertiary/aromatic N) is 1. The molecule has 0 bridgehead atoms. The van der Waals surface area contributed by atoms with Crippen molar-refractivity contribution in [2.75, 3.05) is 42.0 Å². The van der Waals surface area contributed by atoms with Crippen LogP contribution in [0.4, 0.5) is 0 Å². The third-order valence-corrected chi connectivity index (χ3v) is 4.48. The second kappa shape index (κ2) is 9.60. The van der Waals surface area contributed by atoms with Crippen LogP contribution in [0.5, 0.6) is 11.5 Å². The number of hydrogen-bond acceptors (Lipinski definition) is 6. The lowest BCUT2D eigenvalue weighted by Gasteiger charge is -2.25. The van der Waals surface area contributed by atoms with Gasteiger partial charge in [-0.05, 0) is 30.4 Å². The normalized spacial score (nSPS) is 19.7. The summed E-state index contributed by atoms with van der Waals surface area (Å²) in [5, 5.41) is 1.30. The number of carbonyl (C=O) groups excluding carboxylic acids is 1. The minimum absolute atomic E-state index is 0.0117. The van der Waals surface area contributed by atoms with Crippen LogP contribution in [0, 0.1) is 5.92 Å². The van der Waals surface area contributed by atoms with Gasteiger partial charge in [0.1, 0.15) is 11.5 Å². The van der Waals surface area contributed by atoms with Crippen LogP contribution in [0.25, 0.3) is 0 Å². The second-order valence-corrected chi connectivity index (χ2v) is 5.96. The van der Waals surface area contributed by atoms with E-state index in [1.807, 2.05) is 18.2 Å². The maximum atomic E-state index is 12.6. The predicted molar refractivity (Wildman–Crippen MR) is 91.3 cm³/mol. The minimum atomic E-state index is -0.124. The SMILES string of the molecule is COCOc1ccc([C@@H]2CCC[C@@H]2C(=O)N(C)OC)c(OCOC)c1. The standard InChI is InChI=1S/C18H27NO6/c1-19(23-4)18(20)16-7-5-6-14(16)15-9-8-13(24-11-21-2)10-17(15)25-12-22-3/h8-10,14,16H,5-7,11-12H2,1-4H3/t14-,16-/m0/s1. The highest BCUT2D eigenvalue weighted by molar-refractivity contribution is 5.79. The third-order valence-electron chi connectivity index (χ3n) is 4.48. The van der Waals surface area contributed by atoms with Gasteiger partial charge in [-0.3, -0.25) is 9.63 Å². The molecular weight excluding hydrogens is 326 g/mol. The lowest BCUT2D eigenvalue weighted by Crippen LogP contribution is -2.33. The van der Waals surface area contributed by atoms with E-state index in [9.17, 15) is 4.79 Å². The largest absolute Gasteiger partial charge is 0.467 e. The van der Waals surface area contributed by atoms with Crippen molar-refractivity contribution in [3.05, 3.63) is 23.8 Å². The van der Waals surface area contributed by atoms with Crippen molar-refractivity contribution < 1.29 is 28.6 Å². The van der Waals surface area contributed by atoms with Gasteiger partial charge in [-0.2, -0.15) is 0 Å². The number of ether oxygens (including phenoxy) is 4. The van der Waals surface area contributed by atoms with Gasteiger partial charge in [0.25, 0.3) is 0 Å². The van der Waals surface area contributed by atoms with Crippen LogP contribution in [0.2, 0.25) is 0 Å². The van der Waals surface area contributed by atoms with Gasteiger partial charge in [0, 0.05) is 33.3 Å². The molecule has 140 valence electrons. The van der Waals surface area contributed by atoms with Gasteiger partial charge < -0.3 is 18.9 Å². The average molecular weight is 353 g/mol. The van der Waals surface area contributed by atoms with E-state index in [0.29, 0.717) is 11.5 Å². The molecule has 0 unspecified atom stereocenters. The van der Waals surface area contributed by atoms with Crippen molar-refractivity contribution >= 4 is 5.91 Å². The summed E-state index contributed by atoms with van der Waals surface area (Å²) in [6.45, 7) is 0.288. The van der Waals surface area contributed by atoms with E-state index < -0.39 is 0 Å². The summed E-state index contributed by atoms with van der Waals surface area (Å²) in [6, 6.07) is 5.64. The quantitative estimate of drug-likeness (QED) is 0.502. The molecule has 7 heteroatoms. The Morgan fingerprint density at radius 2 is 1.84 bits per heavy atom. The topological polar surface area (TPSA) is 66.5 Å². The highest BCUT2D eigenvalue weighted by Gasteiger charge is 2.37. The summed E-state index contributed by atoms with van der Waals surface area (Å²) in [6.07, 6.45) is 2.75. The molecule has 0 heterocycles. The molecule has 0 aliphatic heterocycles. The molecule has 0 N–H and O–H groups in total. The van der Waals surface area contributed by atoms with Gasteiger partial charge >= 0.3 is 0 Å². The highest BCUT2D eigenvalue weighted by atomic mass is 16.7. The Labute approximate surface area is 148 Å². The van der Waals surface area contributed by atoms with Gasteiger partial charge in [0.15, 0.2) is 13.6 Å². The summed E-state index contributed by atoms with van der Waals surface area (Å²) in [5.74, 6) is 1.25. The molecule has 2 rings (SSSR count). The summed E-state index contributed by atoms with van der Waals surface area (Å²) in [5.41, 5.74) is 0.988. The third kappa shape index (κ3) is 4.84. The number of hydrogen-bond donors (Lipinski definition) is 0. The first kappa shape index (κ1) is 19.5. The summed E-state index contributed by atoms with van der Waals surface area (Å²) in [4.78, 5) is 17.7. The van der Waals surface area contributed by atoms with E-state index in [4.69, 9.17) is 23.8 Å². The van der Waals surface area contributed by atoms with Crippen molar-refractivity contribution in [3.63, 3.8) is 0 Å². The van der Waals surface area contributed by atoms with Gasteiger partial charge in [-0.15, -0.1) is 0 Å². The molecule has 1 aromatic carbocycles. The average Bonchev–Trinajstić information content (AvgIpc) is 3.12. The Balaban J connectivity index is 2.26. The van der Waals surface area contributed by atoms with Crippen molar-refractivity contribution in [2.45, 2.75) is 25.2 Å². The lowest BCUT2D eigenvalue weighted by atomic mass is 9.87. The van der Waals surface area contributed by atoms with Crippen LogP contribution < -0.4 is 9.47 Å². The first-order valence-corrected chi connectivity index (χ1v) is 8.31. The van der Waals surface area contributed by atoms with Crippen molar-refractivity contribution in [1.29, 1.82) is 0 Å². The molecule has 1 saturated carbocycles. The zero-order chi connectivity index (χ0) is 18.2.